The summed E-state index contributed by atoms with van der Waals surface area (Å²) in [7, 11) is 1.31. The summed E-state index contributed by atoms with van der Waals surface area (Å²) in [4.78, 5) is 29.3. The molecule has 2 aliphatic heterocycles. The average Bonchev–Trinajstić information content (AvgIpc) is 2.60. The summed E-state index contributed by atoms with van der Waals surface area (Å²) in [6, 6.07) is 0.353. The second-order valence-corrected chi connectivity index (χ2v) is 12.3. The highest BCUT2D eigenvalue weighted by Crippen LogP contribution is 2.32. The highest BCUT2D eigenvalue weighted by Gasteiger charge is 2.39. The Bertz CT molecular complexity index is 835. The summed E-state index contributed by atoms with van der Waals surface area (Å²) < 4.78 is 4.66. The van der Waals surface area contributed by atoms with E-state index in [1.165, 1.54) is 7.11 Å². The fraction of sp³-hybridized carbons (Fsp3) is 0.792. The third-order valence-electron chi connectivity index (χ3n) is 6.16. The van der Waals surface area contributed by atoms with E-state index in [1.54, 1.807) is 0 Å². The van der Waals surface area contributed by atoms with Crippen LogP contribution >= 0.6 is 0 Å². The molecule has 0 radical (unpaired) electrons. The van der Waals surface area contributed by atoms with Gasteiger partial charge in [-0.05, 0) is 81.1 Å². The lowest BCUT2D eigenvalue weighted by Crippen LogP contribution is -2.60. The highest BCUT2D eigenvalue weighted by atomic mass is 16.5. The molecule has 34 heavy (non-hydrogen) atoms. The van der Waals surface area contributed by atoms with Gasteiger partial charge in [-0.2, -0.15) is 15.0 Å². The first-order valence-corrected chi connectivity index (χ1v) is 12.1. The predicted octanol–water partition coefficient (Wildman–Crippen LogP) is 3.19. The van der Waals surface area contributed by atoms with Crippen molar-refractivity contribution in [1.82, 2.24) is 25.6 Å². The number of esters is 1. The number of carbonyl (C=O) groups is 1. The first-order chi connectivity index (χ1) is 15.6. The average molecular weight is 475 g/mol. The van der Waals surface area contributed by atoms with Gasteiger partial charge in [-0.25, -0.2) is 9.79 Å². The molecule has 1 aromatic rings. The Kier molecular flexibility index (Phi) is 7.24. The largest absolute Gasteiger partial charge is 0.465 e. The molecule has 1 aromatic heterocycles. The Morgan fingerprint density at radius 2 is 1.21 bits per heavy atom. The van der Waals surface area contributed by atoms with Crippen LogP contribution in [0.4, 0.5) is 17.8 Å². The van der Waals surface area contributed by atoms with E-state index in [9.17, 15) is 4.79 Å². The zero-order valence-electron chi connectivity index (χ0n) is 22.2. The van der Waals surface area contributed by atoms with E-state index in [2.05, 4.69) is 101 Å². The Labute approximate surface area is 203 Å². The minimum Gasteiger partial charge on any atom is -0.465 e. The fourth-order valence-electron chi connectivity index (χ4n) is 5.93. The number of aromatic nitrogens is 3. The van der Waals surface area contributed by atoms with Crippen molar-refractivity contribution < 1.29 is 9.53 Å². The molecule has 0 aromatic carbocycles. The van der Waals surface area contributed by atoms with E-state index >= 15 is 0 Å². The minimum atomic E-state index is -0.562. The second-order valence-electron chi connectivity index (χ2n) is 12.3. The summed E-state index contributed by atoms with van der Waals surface area (Å²) in [5, 5.41) is 14.4. The SMILES string of the molecule is COC(=O)C=Nc1nc(NC2CC(C)(C)NC(C)(C)C2)nc(NC2CC(C)(C)NC(C)(C)C2)n1. The second kappa shape index (κ2) is 9.37. The first-order valence-electron chi connectivity index (χ1n) is 12.1. The molecule has 0 bridgehead atoms. The van der Waals surface area contributed by atoms with Crippen LogP contribution in [-0.4, -0.2) is 68.5 Å². The quantitative estimate of drug-likeness (QED) is 0.363. The van der Waals surface area contributed by atoms with Gasteiger partial charge in [0, 0.05) is 34.2 Å². The van der Waals surface area contributed by atoms with Crippen LogP contribution in [0.2, 0.25) is 0 Å². The molecule has 0 aliphatic carbocycles. The van der Waals surface area contributed by atoms with Gasteiger partial charge in [0.15, 0.2) is 0 Å². The Morgan fingerprint density at radius 1 is 0.824 bits per heavy atom. The molecule has 0 spiro atoms. The highest BCUT2D eigenvalue weighted by molar-refractivity contribution is 6.23. The van der Waals surface area contributed by atoms with Crippen molar-refractivity contribution in [1.29, 1.82) is 0 Å². The number of hydrogen-bond donors (Lipinski definition) is 4. The number of nitrogens with zero attached hydrogens (tertiary/aromatic N) is 4. The topological polar surface area (TPSA) is 125 Å². The monoisotopic (exact) mass is 474 g/mol. The van der Waals surface area contributed by atoms with Crippen LogP contribution in [0.5, 0.6) is 0 Å². The van der Waals surface area contributed by atoms with E-state index in [0.29, 0.717) is 11.9 Å². The maximum absolute atomic E-state index is 11.6. The number of methoxy groups -OCH3 is 1. The number of piperidine rings is 2. The van der Waals surface area contributed by atoms with Crippen molar-refractivity contribution in [3.05, 3.63) is 0 Å². The summed E-state index contributed by atoms with van der Waals surface area (Å²) in [6.07, 6.45) is 4.76. The summed E-state index contributed by atoms with van der Waals surface area (Å²) in [5.74, 6) is 0.486. The molecule has 2 fully saturated rings. The molecular weight excluding hydrogens is 432 g/mol. The van der Waals surface area contributed by atoms with Crippen LogP contribution in [0, 0.1) is 0 Å². The number of anilines is 2. The van der Waals surface area contributed by atoms with E-state index in [0.717, 1.165) is 31.9 Å². The van der Waals surface area contributed by atoms with Crippen LogP contribution in [0.3, 0.4) is 0 Å². The first kappa shape index (κ1) is 26.3. The molecule has 4 N–H and O–H groups in total. The van der Waals surface area contributed by atoms with Crippen molar-refractivity contribution in [2.24, 2.45) is 4.99 Å². The third kappa shape index (κ3) is 7.59. The van der Waals surface area contributed by atoms with Crippen molar-refractivity contribution in [3.8, 4) is 0 Å². The van der Waals surface area contributed by atoms with Gasteiger partial charge in [0.05, 0.1) is 7.11 Å². The predicted molar refractivity (Wildman–Crippen MR) is 136 cm³/mol. The maximum atomic E-state index is 11.6. The van der Waals surface area contributed by atoms with Crippen LogP contribution in [0.25, 0.3) is 0 Å². The van der Waals surface area contributed by atoms with Crippen molar-refractivity contribution in [3.63, 3.8) is 0 Å². The molecule has 10 heteroatoms. The molecule has 3 heterocycles. The smallest absolute Gasteiger partial charge is 0.349 e. The van der Waals surface area contributed by atoms with Crippen LogP contribution < -0.4 is 21.3 Å². The lowest BCUT2D eigenvalue weighted by Gasteiger charge is -2.46. The standard InChI is InChI=1S/C24H42N8O2/c1-21(2)10-15(11-22(3,4)31-21)26-19-28-18(25-14-17(33)34-9)29-20(30-19)27-16-12-23(5,6)32-24(7,8)13-16/h14-16,31-32H,10-13H2,1-9H3,(H2,26,27,28,29,30). The van der Waals surface area contributed by atoms with Gasteiger partial charge in [0.25, 0.3) is 5.95 Å². The molecule has 190 valence electrons. The van der Waals surface area contributed by atoms with Gasteiger partial charge < -0.3 is 26.0 Å². The molecule has 2 aliphatic rings. The summed E-state index contributed by atoms with van der Waals surface area (Å²) >= 11 is 0. The van der Waals surface area contributed by atoms with Crippen LogP contribution in [0.1, 0.15) is 81.1 Å². The molecular formula is C24H42N8O2. The van der Waals surface area contributed by atoms with Gasteiger partial charge in [-0.3, -0.25) is 0 Å². The van der Waals surface area contributed by atoms with Crippen molar-refractivity contribution >= 4 is 30.0 Å². The van der Waals surface area contributed by atoms with Gasteiger partial charge in [-0.15, -0.1) is 0 Å². The normalized spacial score (nSPS) is 24.0. The molecule has 3 rings (SSSR count). The number of ether oxygens (including phenoxy) is 1. The van der Waals surface area contributed by atoms with Crippen LogP contribution in [-0.2, 0) is 9.53 Å². The zero-order valence-corrected chi connectivity index (χ0v) is 22.2. The maximum Gasteiger partial charge on any atom is 0.349 e. The molecule has 10 nitrogen and oxygen atoms in total. The van der Waals surface area contributed by atoms with E-state index in [4.69, 9.17) is 0 Å². The van der Waals surface area contributed by atoms with Gasteiger partial charge in [0.2, 0.25) is 11.9 Å². The summed E-state index contributed by atoms with van der Waals surface area (Å²) in [5.41, 5.74) is -0.0887. The minimum absolute atomic E-state index is 0.0222. The molecule has 0 amide bonds. The molecule has 0 saturated carbocycles. The van der Waals surface area contributed by atoms with E-state index in [1.807, 2.05) is 0 Å². The molecule has 0 unspecified atom stereocenters. The van der Waals surface area contributed by atoms with Crippen molar-refractivity contribution in [2.45, 2.75) is 115 Å². The Morgan fingerprint density at radius 3 is 1.56 bits per heavy atom. The number of rotatable bonds is 6. The zero-order chi connectivity index (χ0) is 25.4. The number of nitrogens with one attached hydrogen (secondary N) is 4. The third-order valence-corrected chi connectivity index (χ3v) is 6.16. The number of hydrogen-bond acceptors (Lipinski definition) is 10. The van der Waals surface area contributed by atoms with Gasteiger partial charge in [-0.1, -0.05) is 0 Å². The van der Waals surface area contributed by atoms with Gasteiger partial charge >= 0.3 is 5.97 Å². The molecule has 2 saturated heterocycles. The molecule has 0 atom stereocenters. The van der Waals surface area contributed by atoms with Crippen LogP contribution in [0.15, 0.2) is 4.99 Å². The van der Waals surface area contributed by atoms with Gasteiger partial charge in [0.1, 0.15) is 6.21 Å². The number of carbonyl (C=O) groups excluding carboxylic acids is 1. The lowest BCUT2D eigenvalue weighted by atomic mass is 9.79. The lowest BCUT2D eigenvalue weighted by molar-refractivity contribution is -0.132. The Balaban J connectivity index is 1.87. The summed E-state index contributed by atoms with van der Waals surface area (Å²) in [6.45, 7) is 17.6. The van der Waals surface area contributed by atoms with Crippen molar-refractivity contribution in [2.75, 3.05) is 17.7 Å². The number of aliphatic imine (C=N–C) groups is 1. The van der Waals surface area contributed by atoms with E-state index in [-0.39, 0.29) is 40.2 Å². The fourth-order valence-corrected chi connectivity index (χ4v) is 5.93. The Hall–Kier alpha value is -2.33. The van der Waals surface area contributed by atoms with E-state index < -0.39 is 5.97 Å².